The highest BCUT2D eigenvalue weighted by Crippen LogP contribution is 2.30. The van der Waals surface area contributed by atoms with Crippen LogP contribution in [0.15, 0.2) is 77.9 Å². The first-order valence-corrected chi connectivity index (χ1v) is 10.8. The zero-order valence-corrected chi connectivity index (χ0v) is 18.8. The predicted molar refractivity (Wildman–Crippen MR) is 123 cm³/mol. The lowest BCUT2D eigenvalue weighted by Gasteiger charge is -2.13. The topological polar surface area (TPSA) is 81.8 Å². The Morgan fingerprint density at radius 2 is 1.83 bits per heavy atom. The molecule has 0 saturated carbocycles. The quantitative estimate of drug-likeness (QED) is 0.436. The van der Waals surface area contributed by atoms with E-state index in [0.717, 1.165) is 28.2 Å². The fourth-order valence-electron chi connectivity index (χ4n) is 3.64. The maximum absolute atomic E-state index is 13.1. The van der Waals surface area contributed by atoms with Crippen LogP contribution in [0.1, 0.15) is 33.1 Å². The Balaban J connectivity index is 1.48. The molecule has 0 spiro atoms. The molecular weight excluding hydrogens is 459 g/mol. The van der Waals surface area contributed by atoms with Crippen LogP contribution in [0.2, 0.25) is 0 Å². The molecule has 0 radical (unpaired) electrons. The largest absolute Gasteiger partial charge is 0.416 e. The normalized spacial score (nSPS) is 11.4. The second kappa shape index (κ2) is 9.96. The van der Waals surface area contributed by atoms with Gasteiger partial charge in [0.05, 0.1) is 11.3 Å². The molecule has 35 heavy (non-hydrogen) atoms. The molecule has 0 unspecified atom stereocenters. The van der Waals surface area contributed by atoms with Crippen LogP contribution in [-0.2, 0) is 19.1 Å². The molecule has 0 atom stereocenters. The molecule has 0 saturated heterocycles. The van der Waals surface area contributed by atoms with Crippen molar-refractivity contribution >= 4 is 5.91 Å². The minimum Gasteiger partial charge on any atom is -0.350 e. The van der Waals surface area contributed by atoms with Gasteiger partial charge in [-0.05, 0) is 30.7 Å². The second-order valence-electron chi connectivity index (χ2n) is 7.92. The van der Waals surface area contributed by atoms with Crippen LogP contribution < -0.4 is 10.7 Å². The van der Waals surface area contributed by atoms with Gasteiger partial charge in [-0.15, -0.1) is 0 Å². The van der Waals surface area contributed by atoms with Gasteiger partial charge in [0.15, 0.2) is 5.69 Å². The third kappa shape index (κ3) is 5.65. The maximum atomic E-state index is 13.1. The van der Waals surface area contributed by atoms with E-state index in [-0.39, 0.29) is 12.2 Å². The first kappa shape index (κ1) is 23.9. The number of nitrogens with zero attached hydrogens (tertiary/aromatic N) is 4. The third-order valence-corrected chi connectivity index (χ3v) is 5.37. The number of alkyl halides is 3. The number of amides is 1. The summed E-state index contributed by atoms with van der Waals surface area (Å²) in [5.74, 6) is 0.0456. The number of aryl methyl sites for hydroxylation is 1. The molecule has 0 bridgehead atoms. The lowest BCUT2D eigenvalue weighted by molar-refractivity contribution is -0.137. The predicted octanol–water partition coefficient (Wildman–Crippen LogP) is 3.78. The fraction of sp³-hybridized carbons (Fsp3) is 0.200. The van der Waals surface area contributed by atoms with Gasteiger partial charge < -0.3 is 9.88 Å². The summed E-state index contributed by atoms with van der Waals surface area (Å²) in [6.45, 7) is 2.36. The van der Waals surface area contributed by atoms with Crippen LogP contribution in [0.3, 0.4) is 0 Å². The third-order valence-electron chi connectivity index (χ3n) is 5.37. The highest BCUT2D eigenvalue weighted by atomic mass is 19.4. The average Bonchev–Trinajstić information content (AvgIpc) is 3.26. The van der Waals surface area contributed by atoms with Crippen molar-refractivity contribution in [1.29, 1.82) is 0 Å². The van der Waals surface area contributed by atoms with Gasteiger partial charge in [-0.2, -0.15) is 18.3 Å². The van der Waals surface area contributed by atoms with E-state index in [2.05, 4.69) is 15.4 Å². The van der Waals surface area contributed by atoms with Crippen molar-refractivity contribution in [2.45, 2.75) is 26.1 Å². The number of imidazole rings is 1. The van der Waals surface area contributed by atoms with Crippen LogP contribution >= 0.6 is 0 Å². The lowest BCUT2D eigenvalue weighted by atomic mass is 10.2. The highest BCUT2D eigenvalue weighted by Gasteiger charge is 2.30. The maximum Gasteiger partial charge on any atom is 0.416 e. The Morgan fingerprint density at radius 3 is 2.57 bits per heavy atom. The van der Waals surface area contributed by atoms with Crippen LogP contribution in [-0.4, -0.2) is 31.8 Å². The number of hydrogen-bond donors (Lipinski definition) is 1. The molecule has 4 rings (SSSR count). The number of carbonyl (C=O) groups is 1. The van der Waals surface area contributed by atoms with Crippen LogP contribution in [0.25, 0.3) is 5.69 Å². The molecule has 2 aromatic heterocycles. The Morgan fingerprint density at radius 1 is 1.06 bits per heavy atom. The Bertz CT molecular complexity index is 1390. The molecule has 2 aromatic carbocycles. The molecule has 1 N–H and O–H groups in total. The fourth-order valence-corrected chi connectivity index (χ4v) is 3.64. The van der Waals surface area contributed by atoms with Crippen molar-refractivity contribution in [2.75, 3.05) is 6.54 Å². The number of rotatable bonds is 7. The molecule has 0 fully saturated rings. The number of benzene rings is 2. The SMILES string of the molecule is Cc1cc(=O)c(C(=O)NCCc2nccn2Cc2ccccc2)nn1-c1cccc(C(F)(F)F)c1. The minimum atomic E-state index is -4.53. The minimum absolute atomic E-state index is 0.0920. The van der Waals surface area contributed by atoms with Gasteiger partial charge in [0.2, 0.25) is 5.43 Å². The number of halogens is 3. The summed E-state index contributed by atoms with van der Waals surface area (Å²) < 4.78 is 42.5. The number of hydrogen-bond acceptors (Lipinski definition) is 4. The van der Waals surface area contributed by atoms with Crippen molar-refractivity contribution in [3.05, 3.63) is 112 Å². The van der Waals surface area contributed by atoms with Crippen molar-refractivity contribution in [2.24, 2.45) is 0 Å². The molecule has 0 aliphatic carbocycles. The average molecular weight is 481 g/mol. The number of carbonyl (C=O) groups excluding carboxylic acids is 1. The van der Waals surface area contributed by atoms with Gasteiger partial charge in [-0.1, -0.05) is 36.4 Å². The van der Waals surface area contributed by atoms with E-state index in [1.54, 1.807) is 6.20 Å². The Hall–Kier alpha value is -4.21. The zero-order chi connectivity index (χ0) is 25.0. The molecule has 2 heterocycles. The Labute approximate surface area is 198 Å². The van der Waals surface area contributed by atoms with E-state index in [1.165, 1.54) is 25.1 Å². The standard InChI is InChI=1S/C25H22F3N5O2/c1-17-14-21(34)23(31-33(17)20-9-5-8-19(15-20)25(26,27)28)24(35)30-11-10-22-29-12-13-32(22)16-18-6-3-2-4-7-18/h2-9,12-15H,10-11,16H2,1H3,(H,30,35). The van der Waals surface area contributed by atoms with E-state index in [9.17, 15) is 22.8 Å². The van der Waals surface area contributed by atoms with Gasteiger partial charge in [0.25, 0.3) is 5.91 Å². The Kier molecular flexibility index (Phi) is 6.81. The summed E-state index contributed by atoms with van der Waals surface area (Å²) in [5, 5.41) is 6.71. The molecule has 180 valence electrons. The molecule has 10 heteroatoms. The second-order valence-corrected chi connectivity index (χ2v) is 7.92. The lowest BCUT2D eigenvalue weighted by Crippen LogP contribution is -2.33. The van der Waals surface area contributed by atoms with Gasteiger partial charge in [0.1, 0.15) is 5.82 Å². The van der Waals surface area contributed by atoms with E-state index < -0.39 is 28.8 Å². The summed E-state index contributed by atoms with van der Waals surface area (Å²) in [5.41, 5.74) is -0.376. The summed E-state index contributed by atoms with van der Waals surface area (Å²) in [6, 6.07) is 15.6. The monoisotopic (exact) mass is 481 g/mol. The molecule has 0 aliphatic heterocycles. The molecular formula is C25H22F3N5O2. The summed E-state index contributed by atoms with van der Waals surface area (Å²) in [4.78, 5) is 29.4. The van der Waals surface area contributed by atoms with E-state index in [0.29, 0.717) is 18.7 Å². The van der Waals surface area contributed by atoms with E-state index >= 15 is 0 Å². The van der Waals surface area contributed by atoms with Gasteiger partial charge in [-0.25, -0.2) is 9.67 Å². The van der Waals surface area contributed by atoms with Gasteiger partial charge >= 0.3 is 6.18 Å². The van der Waals surface area contributed by atoms with E-state index in [1.807, 2.05) is 41.1 Å². The van der Waals surface area contributed by atoms with Crippen molar-refractivity contribution in [3.63, 3.8) is 0 Å². The first-order chi connectivity index (χ1) is 16.7. The zero-order valence-electron chi connectivity index (χ0n) is 18.8. The summed E-state index contributed by atoms with van der Waals surface area (Å²) in [7, 11) is 0. The van der Waals surface area contributed by atoms with Crippen molar-refractivity contribution in [3.8, 4) is 5.69 Å². The summed E-state index contributed by atoms with van der Waals surface area (Å²) >= 11 is 0. The number of nitrogens with one attached hydrogen (secondary N) is 1. The molecule has 1 amide bonds. The molecule has 4 aromatic rings. The smallest absolute Gasteiger partial charge is 0.350 e. The van der Waals surface area contributed by atoms with Gasteiger partial charge in [-0.3, -0.25) is 9.59 Å². The van der Waals surface area contributed by atoms with Crippen LogP contribution in [0.5, 0.6) is 0 Å². The van der Waals surface area contributed by atoms with Crippen LogP contribution in [0, 0.1) is 6.92 Å². The highest BCUT2D eigenvalue weighted by molar-refractivity contribution is 5.92. The number of aromatic nitrogens is 4. The van der Waals surface area contributed by atoms with E-state index in [4.69, 9.17) is 0 Å². The molecule has 7 nitrogen and oxygen atoms in total. The van der Waals surface area contributed by atoms with Crippen molar-refractivity contribution < 1.29 is 18.0 Å². The summed E-state index contributed by atoms with van der Waals surface area (Å²) in [6.07, 6.45) is -0.594. The van der Waals surface area contributed by atoms with Crippen molar-refractivity contribution in [1.82, 2.24) is 24.6 Å². The molecule has 0 aliphatic rings. The van der Waals surface area contributed by atoms with Gasteiger partial charge in [0, 0.05) is 43.7 Å². The van der Waals surface area contributed by atoms with Crippen LogP contribution in [0.4, 0.5) is 13.2 Å². The first-order valence-electron chi connectivity index (χ1n) is 10.8.